The predicted octanol–water partition coefficient (Wildman–Crippen LogP) is 17.2. The molecule has 1 heterocycles. The van der Waals surface area contributed by atoms with Gasteiger partial charge in [0.25, 0.3) is 0 Å². The third-order valence-corrected chi connectivity index (χ3v) is 12.5. The topological polar surface area (TPSA) is 16.4 Å². The Morgan fingerprint density at radius 3 is 1.65 bits per heavy atom. The number of fused-ring (bicyclic) bond motifs is 6. The maximum atomic E-state index is 6.30. The van der Waals surface area contributed by atoms with E-state index in [1.807, 2.05) is 12.1 Å². The standard InChI is InChI=1S/C60H39NO/c1-4-17-51-42(11-1)14-10-21-53(51)44-25-23-40(24-26-44)41-29-31-49(32-30-41)61(50-33-34-54-46(38-50)28-27-43-12-2-5-18-52(43)54)58-36-35-55(56-19-6-7-20-57(56)58)45-15-9-16-47(37-45)60-39-48-13-3-8-22-59(48)62-60/h1-39H. The summed E-state index contributed by atoms with van der Waals surface area (Å²) in [4.78, 5) is 2.42. The number of nitrogens with zero attached hydrogens (tertiary/aromatic N) is 1. The minimum Gasteiger partial charge on any atom is -0.456 e. The van der Waals surface area contributed by atoms with Crippen LogP contribution in [0.2, 0.25) is 0 Å². The van der Waals surface area contributed by atoms with E-state index in [0.717, 1.165) is 44.9 Å². The van der Waals surface area contributed by atoms with E-state index >= 15 is 0 Å². The van der Waals surface area contributed by atoms with E-state index in [0.29, 0.717) is 0 Å². The monoisotopic (exact) mass is 789 g/mol. The number of rotatable bonds is 7. The Balaban J connectivity index is 0.963. The summed E-state index contributed by atoms with van der Waals surface area (Å²) in [5.41, 5.74) is 12.4. The van der Waals surface area contributed by atoms with Crippen molar-refractivity contribution in [3.05, 3.63) is 237 Å². The van der Waals surface area contributed by atoms with Crippen LogP contribution in [0, 0.1) is 0 Å². The molecule has 12 rings (SSSR count). The van der Waals surface area contributed by atoms with Crippen LogP contribution in [0.1, 0.15) is 0 Å². The van der Waals surface area contributed by atoms with Crippen LogP contribution in [0.5, 0.6) is 0 Å². The Bertz CT molecular complexity index is 3600. The number of hydrogen-bond acceptors (Lipinski definition) is 2. The van der Waals surface area contributed by atoms with Crippen LogP contribution in [-0.4, -0.2) is 0 Å². The second-order valence-corrected chi connectivity index (χ2v) is 16.1. The molecular weight excluding hydrogens is 751 g/mol. The van der Waals surface area contributed by atoms with Gasteiger partial charge in [0.05, 0.1) is 5.69 Å². The van der Waals surface area contributed by atoms with Crippen molar-refractivity contribution in [2.75, 3.05) is 4.90 Å². The highest BCUT2D eigenvalue weighted by atomic mass is 16.3. The first-order valence-corrected chi connectivity index (χ1v) is 21.2. The van der Waals surface area contributed by atoms with Crippen molar-refractivity contribution in [2.45, 2.75) is 0 Å². The first kappa shape index (κ1) is 35.7. The van der Waals surface area contributed by atoms with Gasteiger partial charge >= 0.3 is 0 Å². The molecule has 290 valence electrons. The fourth-order valence-corrected chi connectivity index (χ4v) is 9.38. The van der Waals surface area contributed by atoms with E-state index in [-0.39, 0.29) is 0 Å². The van der Waals surface area contributed by atoms with E-state index < -0.39 is 0 Å². The summed E-state index contributed by atoms with van der Waals surface area (Å²) in [6.45, 7) is 0. The average molecular weight is 790 g/mol. The summed E-state index contributed by atoms with van der Waals surface area (Å²) in [5, 5.41) is 11.0. The molecule has 1 aromatic heterocycles. The quantitative estimate of drug-likeness (QED) is 0.150. The van der Waals surface area contributed by atoms with Gasteiger partial charge in [-0.05, 0) is 120 Å². The molecule has 0 saturated heterocycles. The lowest BCUT2D eigenvalue weighted by Crippen LogP contribution is -2.10. The minimum absolute atomic E-state index is 0.869. The molecule has 2 heteroatoms. The highest BCUT2D eigenvalue weighted by Gasteiger charge is 2.19. The number of hydrogen-bond donors (Lipinski definition) is 0. The fourth-order valence-electron chi connectivity index (χ4n) is 9.38. The summed E-state index contributed by atoms with van der Waals surface area (Å²) >= 11 is 0. The summed E-state index contributed by atoms with van der Waals surface area (Å²) in [6.07, 6.45) is 0. The maximum Gasteiger partial charge on any atom is 0.135 e. The summed E-state index contributed by atoms with van der Waals surface area (Å²) in [6, 6.07) is 85.6. The van der Waals surface area contributed by atoms with E-state index in [2.05, 4.69) is 229 Å². The molecule has 62 heavy (non-hydrogen) atoms. The average Bonchev–Trinajstić information content (AvgIpc) is 3.79. The van der Waals surface area contributed by atoms with Crippen LogP contribution in [0.3, 0.4) is 0 Å². The van der Waals surface area contributed by atoms with Crippen molar-refractivity contribution < 1.29 is 4.42 Å². The zero-order valence-electron chi connectivity index (χ0n) is 33.9. The number of para-hydroxylation sites is 1. The van der Waals surface area contributed by atoms with Gasteiger partial charge in [0.15, 0.2) is 0 Å². The van der Waals surface area contributed by atoms with Crippen molar-refractivity contribution in [1.29, 1.82) is 0 Å². The molecular formula is C60H39NO. The van der Waals surface area contributed by atoms with Gasteiger partial charge in [-0.15, -0.1) is 0 Å². The van der Waals surface area contributed by atoms with Crippen molar-refractivity contribution in [2.24, 2.45) is 0 Å². The van der Waals surface area contributed by atoms with Crippen LogP contribution in [0.4, 0.5) is 17.1 Å². The predicted molar refractivity (Wildman–Crippen MR) is 263 cm³/mol. The van der Waals surface area contributed by atoms with Gasteiger partial charge < -0.3 is 9.32 Å². The fraction of sp³-hybridized carbons (Fsp3) is 0. The van der Waals surface area contributed by atoms with Crippen LogP contribution in [0.15, 0.2) is 241 Å². The summed E-state index contributed by atoms with van der Waals surface area (Å²) < 4.78 is 6.30. The molecule has 0 atom stereocenters. The van der Waals surface area contributed by atoms with Gasteiger partial charge in [-0.25, -0.2) is 0 Å². The van der Waals surface area contributed by atoms with Crippen LogP contribution < -0.4 is 4.90 Å². The van der Waals surface area contributed by atoms with E-state index in [4.69, 9.17) is 4.42 Å². The first-order chi connectivity index (χ1) is 30.7. The zero-order chi connectivity index (χ0) is 41.0. The molecule has 0 unspecified atom stereocenters. The summed E-state index contributed by atoms with van der Waals surface area (Å²) in [5.74, 6) is 0.869. The van der Waals surface area contributed by atoms with Crippen molar-refractivity contribution in [1.82, 2.24) is 0 Å². The van der Waals surface area contributed by atoms with E-state index in [9.17, 15) is 0 Å². The normalized spacial score (nSPS) is 11.5. The summed E-state index contributed by atoms with van der Waals surface area (Å²) in [7, 11) is 0. The van der Waals surface area contributed by atoms with E-state index in [1.54, 1.807) is 0 Å². The molecule has 0 radical (unpaired) electrons. The van der Waals surface area contributed by atoms with Gasteiger partial charge in [-0.2, -0.15) is 0 Å². The Kier molecular flexibility index (Phi) is 8.53. The Labute approximate surface area is 360 Å². The molecule has 0 N–H and O–H groups in total. The molecule has 0 fully saturated rings. The van der Waals surface area contributed by atoms with Crippen molar-refractivity contribution in [3.63, 3.8) is 0 Å². The zero-order valence-corrected chi connectivity index (χ0v) is 33.9. The molecule has 0 aliphatic heterocycles. The van der Waals surface area contributed by atoms with Gasteiger partial charge in [-0.1, -0.05) is 188 Å². The maximum absolute atomic E-state index is 6.30. The molecule has 12 aromatic rings. The SMILES string of the molecule is c1cc(-c2cc3ccccc3o2)cc(-c2ccc(N(c3ccc(-c4ccc(-c5cccc6ccccc56)cc4)cc3)c3ccc4c(ccc5ccccc54)c3)c3ccccc23)c1. The lowest BCUT2D eigenvalue weighted by Gasteiger charge is -2.28. The second-order valence-electron chi connectivity index (χ2n) is 16.1. The molecule has 0 spiro atoms. The van der Waals surface area contributed by atoms with Gasteiger partial charge in [0.2, 0.25) is 0 Å². The van der Waals surface area contributed by atoms with Gasteiger partial charge in [-0.3, -0.25) is 0 Å². The first-order valence-electron chi connectivity index (χ1n) is 21.2. The second kappa shape index (κ2) is 14.8. The van der Waals surface area contributed by atoms with Crippen molar-refractivity contribution in [3.8, 4) is 44.7 Å². The molecule has 0 saturated carbocycles. The Hall–Kier alpha value is -8.20. The highest BCUT2D eigenvalue weighted by molar-refractivity contribution is 6.10. The highest BCUT2D eigenvalue weighted by Crippen LogP contribution is 2.44. The van der Waals surface area contributed by atoms with E-state index in [1.165, 1.54) is 70.9 Å². The largest absolute Gasteiger partial charge is 0.456 e. The Morgan fingerprint density at radius 2 is 0.839 bits per heavy atom. The number of anilines is 3. The van der Waals surface area contributed by atoms with Crippen LogP contribution in [0.25, 0.3) is 98.8 Å². The third-order valence-electron chi connectivity index (χ3n) is 12.5. The van der Waals surface area contributed by atoms with Gasteiger partial charge in [0, 0.05) is 27.7 Å². The molecule has 11 aromatic carbocycles. The lowest BCUT2D eigenvalue weighted by molar-refractivity contribution is 0.631. The van der Waals surface area contributed by atoms with Gasteiger partial charge in [0.1, 0.15) is 11.3 Å². The smallest absolute Gasteiger partial charge is 0.135 e. The number of benzene rings is 11. The molecule has 0 aliphatic carbocycles. The third kappa shape index (κ3) is 6.20. The molecule has 0 bridgehead atoms. The van der Waals surface area contributed by atoms with Crippen molar-refractivity contribution >= 4 is 71.1 Å². The molecule has 0 aliphatic rings. The molecule has 2 nitrogen and oxygen atoms in total. The molecule has 0 amide bonds. The van der Waals surface area contributed by atoms with Crippen LogP contribution >= 0.6 is 0 Å². The lowest BCUT2D eigenvalue weighted by atomic mass is 9.94. The Morgan fingerprint density at radius 1 is 0.274 bits per heavy atom. The minimum atomic E-state index is 0.869. The van der Waals surface area contributed by atoms with Crippen LogP contribution in [-0.2, 0) is 0 Å². The number of furan rings is 1.